The maximum absolute atomic E-state index is 11.8. The molecule has 3 aromatic rings. The normalized spacial score (nSPS) is 14.2. The van der Waals surface area contributed by atoms with Crippen molar-refractivity contribution in [2.24, 2.45) is 0 Å². The number of hydrogen-bond acceptors (Lipinski definition) is 6. The number of amides is 1. The Labute approximate surface area is 151 Å². The van der Waals surface area contributed by atoms with Crippen molar-refractivity contribution in [3.05, 3.63) is 53.9 Å². The molecule has 0 radical (unpaired) electrons. The third kappa shape index (κ3) is 3.42. The number of rotatable bonds is 5. The number of nitrogens with zero attached hydrogens (tertiary/aromatic N) is 4. The van der Waals surface area contributed by atoms with Gasteiger partial charge in [0, 0.05) is 26.1 Å². The maximum atomic E-state index is 11.8. The first-order valence-electron chi connectivity index (χ1n) is 8.66. The van der Waals surface area contributed by atoms with E-state index < -0.39 is 0 Å². The van der Waals surface area contributed by atoms with Gasteiger partial charge in [-0.05, 0) is 29.7 Å². The van der Waals surface area contributed by atoms with Crippen molar-refractivity contribution >= 4 is 28.6 Å². The standard InChI is InChI=1S/C19H20N6O/c20-16-7-6-15-18(22-12-23-19(15)24-16)21-10-13-3-1-4-14(9-13)11-25-8-2-5-17(25)26/h1,3-4,6-7,9,12H,2,5,8,10-11H2,(H3,20,21,22,23,24). The molecule has 1 fully saturated rings. The van der Waals surface area contributed by atoms with Crippen molar-refractivity contribution in [1.29, 1.82) is 0 Å². The number of carbonyl (C=O) groups is 1. The molecule has 1 saturated heterocycles. The van der Waals surface area contributed by atoms with Gasteiger partial charge in [-0.25, -0.2) is 15.0 Å². The molecule has 3 heterocycles. The van der Waals surface area contributed by atoms with E-state index in [1.54, 1.807) is 6.07 Å². The van der Waals surface area contributed by atoms with Gasteiger partial charge in [0.2, 0.25) is 5.91 Å². The van der Waals surface area contributed by atoms with E-state index in [9.17, 15) is 4.79 Å². The van der Waals surface area contributed by atoms with E-state index in [1.165, 1.54) is 6.33 Å². The Balaban J connectivity index is 1.48. The molecule has 1 aliphatic heterocycles. The molecule has 3 N–H and O–H groups in total. The first-order valence-corrected chi connectivity index (χ1v) is 8.66. The van der Waals surface area contributed by atoms with Crippen LogP contribution in [0.1, 0.15) is 24.0 Å². The van der Waals surface area contributed by atoms with Crippen molar-refractivity contribution in [2.45, 2.75) is 25.9 Å². The lowest BCUT2D eigenvalue weighted by Crippen LogP contribution is -2.23. The summed E-state index contributed by atoms with van der Waals surface area (Å²) in [6.07, 6.45) is 3.10. The number of aromatic nitrogens is 3. The lowest BCUT2D eigenvalue weighted by atomic mass is 10.1. The number of fused-ring (bicyclic) bond motifs is 1. The Kier molecular flexibility index (Phi) is 4.35. The molecule has 0 bridgehead atoms. The average Bonchev–Trinajstić information content (AvgIpc) is 3.04. The number of carbonyl (C=O) groups excluding carboxylic acids is 1. The minimum atomic E-state index is 0.243. The highest BCUT2D eigenvalue weighted by Crippen LogP contribution is 2.20. The van der Waals surface area contributed by atoms with Crippen LogP contribution in [0.3, 0.4) is 0 Å². The van der Waals surface area contributed by atoms with Crippen LogP contribution < -0.4 is 11.1 Å². The van der Waals surface area contributed by atoms with E-state index in [4.69, 9.17) is 5.73 Å². The Hall–Kier alpha value is -3.22. The molecule has 7 heteroatoms. The fourth-order valence-corrected chi connectivity index (χ4v) is 3.21. The largest absolute Gasteiger partial charge is 0.384 e. The zero-order valence-electron chi connectivity index (χ0n) is 14.4. The molecule has 0 unspecified atom stereocenters. The molecule has 1 aromatic carbocycles. The molecular formula is C19H20N6O. The second-order valence-electron chi connectivity index (χ2n) is 6.42. The van der Waals surface area contributed by atoms with Crippen LogP contribution in [0.25, 0.3) is 11.0 Å². The summed E-state index contributed by atoms with van der Waals surface area (Å²) >= 11 is 0. The van der Waals surface area contributed by atoms with Crippen LogP contribution >= 0.6 is 0 Å². The lowest BCUT2D eigenvalue weighted by molar-refractivity contribution is -0.128. The topological polar surface area (TPSA) is 97.0 Å². The van der Waals surface area contributed by atoms with Gasteiger partial charge in [0.1, 0.15) is 18.0 Å². The lowest BCUT2D eigenvalue weighted by Gasteiger charge is -2.16. The highest BCUT2D eigenvalue weighted by molar-refractivity contribution is 5.87. The van der Waals surface area contributed by atoms with Gasteiger partial charge in [-0.15, -0.1) is 0 Å². The first-order chi connectivity index (χ1) is 12.7. The van der Waals surface area contributed by atoms with Crippen molar-refractivity contribution in [2.75, 3.05) is 17.6 Å². The molecule has 26 heavy (non-hydrogen) atoms. The Bertz CT molecular complexity index is 958. The van der Waals surface area contributed by atoms with Crippen LogP contribution in [0.4, 0.5) is 11.6 Å². The molecule has 132 valence electrons. The molecule has 4 rings (SSSR count). The highest BCUT2D eigenvalue weighted by Gasteiger charge is 2.19. The number of anilines is 2. The number of nitrogen functional groups attached to an aromatic ring is 1. The van der Waals surface area contributed by atoms with Crippen molar-refractivity contribution in [1.82, 2.24) is 19.9 Å². The molecule has 7 nitrogen and oxygen atoms in total. The minimum absolute atomic E-state index is 0.243. The number of nitrogens with two attached hydrogens (primary N) is 1. The second kappa shape index (κ2) is 6.95. The Morgan fingerprint density at radius 3 is 2.88 bits per heavy atom. The monoisotopic (exact) mass is 348 g/mol. The summed E-state index contributed by atoms with van der Waals surface area (Å²) in [5, 5.41) is 4.17. The quantitative estimate of drug-likeness (QED) is 0.734. The number of nitrogens with one attached hydrogen (secondary N) is 1. The van der Waals surface area contributed by atoms with Crippen LogP contribution in [0.2, 0.25) is 0 Å². The van der Waals surface area contributed by atoms with Gasteiger partial charge < -0.3 is 16.0 Å². The maximum Gasteiger partial charge on any atom is 0.222 e. The van der Waals surface area contributed by atoms with Gasteiger partial charge in [-0.2, -0.15) is 0 Å². The first kappa shape index (κ1) is 16.3. The molecule has 0 saturated carbocycles. The minimum Gasteiger partial charge on any atom is -0.384 e. The van der Waals surface area contributed by atoms with Gasteiger partial charge in [0.15, 0.2) is 5.65 Å². The van der Waals surface area contributed by atoms with Crippen LogP contribution in [-0.4, -0.2) is 32.3 Å². The molecule has 0 aliphatic carbocycles. The van der Waals surface area contributed by atoms with Crippen molar-refractivity contribution in [3.63, 3.8) is 0 Å². The van der Waals surface area contributed by atoms with Crippen molar-refractivity contribution in [3.8, 4) is 0 Å². The molecule has 0 atom stereocenters. The van der Waals surface area contributed by atoms with Crippen LogP contribution in [0.5, 0.6) is 0 Å². The van der Waals surface area contributed by atoms with Gasteiger partial charge in [0.05, 0.1) is 5.39 Å². The molecule has 1 amide bonds. The van der Waals surface area contributed by atoms with Crippen molar-refractivity contribution < 1.29 is 4.79 Å². The van der Waals surface area contributed by atoms with E-state index in [1.807, 2.05) is 17.0 Å². The van der Waals surface area contributed by atoms with Gasteiger partial charge in [-0.3, -0.25) is 4.79 Å². The summed E-state index contributed by atoms with van der Waals surface area (Å²) in [5.74, 6) is 1.40. The predicted molar refractivity (Wildman–Crippen MR) is 100 cm³/mol. The third-order valence-electron chi connectivity index (χ3n) is 4.51. The van der Waals surface area contributed by atoms with Gasteiger partial charge in [-0.1, -0.05) is 24.3 Å². The smallest absolute Gasteiger partial charge is 0.222 e. The number of pyridine rings is 1. The molecule has 0 spiro atoms. The fourth-order valence-electron chi connectivity index (χ4n) is 3.21. The second-order valence-corrected chi connectivity index (χ2v) is 6.42. The SMILES string of the molecule is Nc1ccc2c(NCc3cccc(CN4CCCC4=O)c3)ncnc2n1. The highest BCUT2D eigenvalue weighted by atomic mass is 16.2. The van der Waals surface area contributed by atoms with E-state index in [0.29, 0.717) is 31.0 Å². The van der Waals surface area contributed by atoms with E-state index >= 15 is 0 Å². The van der Waals surface area contributed by atoms with E-state index in [-0.39, 0.29) is 5.91 Å². The molecule has 2 aromatic heterocycles. The van der Waals surface area contributed by atoms with Gasteiger partial charge >= 0.3 is 0 Å². The zero-order chi connectivity index (χ0) is 17.9. The van der Waals surface area contributed by atoms with E-state index in [0.717, 1.165) is 35.3 Å². The molecular weight excluding hydrogens is 328 g/mol. The van der Waals surface area contributed by atoms with Gasteiger partial charge in [0.25, 0.3) is 0 Å². The number of benzene rings is 1. The Morgan fingerprint density at radius 2 is 2.04 bits per heavy atom. The average molecular weight is 348 g/mol. The third-order valence-corrected chi connectivity index (χ3v) is 4.51. The number of hydrogen-bond donors (Lipinski definition) is 2. The summed E-state index contributed by atoms with van der Waals surface area (Å²) in [7, 11) is 0. The summed E-state index contributed by atoms with van der Waals surface area (Å²) in [6.45, 7) is 2.15. The fraction of sp³-hybridized carbons (Fsp3) is 0.263. The summed E-state index contributed by atoms with van der Waals surface area (Å²) in [4.78, 5) is 26.4. The summed E-state index contributed by atoms with van der Waals surface area (Å²) in [6, 6.07) is 11.9. The number of likely N-dealkylation sites (tertiary alicyclic amines) is 1. The summed E-state index contributed by atoms with van der Waals surface area (Å²) < 4.78 is 0. The van der Waals surface area contributed by atoms with Crippen LogP contribution in [0, 0.1) is 0 Å². The van der Waals surface area contributed by atoms with Crippen LogP contribution in [-0.2, 0) is 17.9 Å². The summed E-state index contributed by atoms with van der Waals surface area (Å²) in [5.41, 5.74) is 8.55. The van der Waals surface area contributed by atoms with Crippen LogP contribution in [0.15, 0.2) is 42.7 Å². The zero-order valence-corrected chi connectivity index (χ0v) is 14.4. The predicted octanol–water partition coefficient (Wildman–Crippen LogP) is 2.34. The molecule has 1 aliphatic rings. The Morgan fingerprint density at radius 1 is 1.15 bits per heavy atom. The van der Waals surface area contributed by atoms with E-state index in [2.05, 4.69) is 38.5 Å².